The van der Waals surface area contributed by atoms with E-state index in [9.17, 15) is 13.2 Å². The number of hydrogen-bond acceptors (Lipinski definition) is 4. The van der Waals surface area contributed by atoms with Crippen LogP contribution in [0.3, 0.4) is 0 Å². The molecule has 1 saturated heterocycles. The van der Waals surface area contributed by atoms with E-state index >= 15 is 0 Å². The van der Waals surface area contributed by atoms with Gasteiger partial charge in [0.2, 0.25) is 10.0 Å². The molecule has 6 nitrogen and oxygen atoms in total. The van der Waals surface area contributed by atoms with Crippen LogP contribution in [0.2, 0.25) is 5.02 Å². The highest BCUT2D eigenvalue weighted by Gasteiger charge is 2.37. The van der Waals surface area contributed by atoms with Crippen LogP contribution in [0.4, 0.5) is 0 Å². The lowest BCUT2D eigenvalue weighted by Gasteiger charge is -2.38. The van der Waals surface area contributed by atoms with Crippen molar-refractivity contribution in [2.45, 2.75) is 31.3 Å². The molecule has 0 radical (unpaired) electrons. The summed E-state index contributed by atoms with van der Waals surface area (Å²) in [6.45, 7) is 6.46. The second kappa shape index (κ2) is 8.34. The fourth-order valence-electron chi connectivity index (χ4n) is 3.21. The number of piperazine rings is 1. The minimum Gasteiger partial charge on any atom is -0.478 e. The van der Waals surface area contributed by atoms with E-state index in [0.717, 1.165) is 5.56 Å². The van der Waals surface area contributed by atoms with Gasteiger partial charge in [-0.2, -0.15) is 4.31 Å². The van der Waals surface area contributed by atoms with Gasteiger partial charge in [-0.25, -0.2) is 8.42 Å². The van der Waals surface area contributed by atoms with Crippen molar-refractivity contribution < 1.29 is 17.9 Å². The normalized spacial score (nSPS) is 15.9. The standard InChI is InChI=1S/C21H25ClN2O4S/c1-16-4-10-19(11-5-16)29(26,27)24-14-12-23(13-15-24)20(25)21(2,3)28-18-8-6-17(22)7-9-18/h4-11H,12-15H2,1-3H3. The SMILES string of the molecule is Cc1ccc(S(=O)(=O)N2CCN(C(=O)C(C)(C)Oc3ccc(Cl)cc3)CC2)cc1. The lowest BCUT2D eigenvalue weighted by molar-refractivity contribution is -0.146. The second-order valence-corrected chi connectivity index (χ2v) is 9.95. The Morgan fingerprint density at radius 2 is 1.52 bits per heavy atom. The van der Waals surface area contributed by atoms with Gasteiger partial charge in [-0.1, -0.05) is 29.3 Å². The summed E-state index contributed by atoms with van der Waals surface area (Å²) in [7, 11) is -3.56. The molecule has 1 fully saturated rings. The van der Waals surface area contributed by atoms with Crippen molar-refractivity contribution in [2.24, 2.45) is 0 Å². The number of hydrogen-bond donors (Lipinski definition) is 0. The first-order chi connectivity index (χ1) is 13.6. The summed E-state index contributed by atoms with van der Waals surface area (Å²) in [5, 5.41) is 0.590. The fourth-order valence-corrected chi connectivity index (χ4v) is 4.76. The summed E-state index contributed by atoms with van der Waals surface area (Å²) in [6.07, 6.45) is 0. The van der Waals surface area contributed by atoms with E-state index in [1.807, 2.05) is 6.92 Å². The first-order valence-corrected chi connectivity index (χ1v) is 11.2. The first-order valence-electron chi connectivity index (χ1n) is 9.40. The molecule has 2 aromatic carbocycles. The highest BCUT2D eigenvalue weighted by Crippen LogP contribution is 2.24. The third kappa shape index (κ3) is 4.91. The van der Waals surface area contributed by atoms with Crippen LogP contribution in [0.25, 0.3) is 0 Å². The van der Waals surface area contributed by atoms with Crippen LogP contribution in [0, 0.1) is 6.92 Å². The molecule has 1 aliphatic heterocycles. The van der Waals surface area contributed by atoms with Crippen molar-refractivity contribution in [2.75, 3.05) is 26.2 Å². The topological polar surface area (TPSA) is 66.9 Å². The smallest absolute Gasteiger partial charge is 0.266 e. The number of benzene rings is 2. The van der Waals surface area contributed by atoms with Gasteiger partial charge >= 0.3 is 0 Å². The predicted molar refractivity (Wildman–Crippen MR) is 113 cm³/mol. The molecular formula is C21H25ClN2O4S. The van der Waals surface area contributed by atoms with Crippen molar-refractivity contribution in [1.29, 1.82) is 0 Å². The molecule has 8 heteroatoms. The zero-order valence-corrected chi connectivity index (χ0v) is 18.3. The van der Waals surface area contributed by atoms with Gasteiger partial charge in [0.05, 0.1) is 4.90 Å². The molecule has 29 heavy (non-hydrogen) atoms. The Bertz CT molecular complexity index is 965. The molecule has 0 saturated carbocycles. The number of carbonyl (C=O) groups excluding carboxylic acids is 1. The van der Waals surface area contributed by atoms with Crippen LogP contribution < -0.4 is 4.74 Å². The van der Waals surface area contributed by atoms with Crippen LogP contribution >= 0.6 is 11.6 Å². The van der Waals surface area contributed by atoms with Crippen molar-refractivity contribution in [3.8, 4) is 5.75 Å². The van der Waals surface area contributed by atoms with E-state index in [4.69, 9.17) is 16.3 Å². The largest absolute Gasteiger partial charge is 0.478 e. The molecule has 1 amide bonds. The number of halogens is 1. The number of nitrogens with zero attached hydrogens (tertiary/aromatic N) is 2. The van der Waals surface area contributed by atoms with Crippen LogP contribution in [-0.4, -0.2) is 55.3 Å². The maximum atomic E-state index is 13.0. The van der Waals surface area contributed by atoms with Crippen molar-refractivity contribution in [3.63, 3.8) is 0 Å². The Morgan fingerprint density at radius 1 is 0.966 bits per heavy atom. The molecule has 0 atom stereocenters. The van der Waals surface area contributed by atoms with Crippen molar-refractivity contribution in [1.82, 2.24) is 9.21 Å². The minimum absolute atomic E-state index is 0.181. The van der Waals surface area contributed by atoms with E-state index in [0.29, 0.717) is 23.9 Å². The van der Waals surface area contributed by atoms with E-state index in [1.165, 1.54) is 4.31 Å². The number of aryl methyl sites for hydroxylation is 1. The maximum absolute atomic E-state index is 13.0. The zero-order chi connectivity index (χ0) is 21.2. The average Bonchev–Trinajstić information content (AvgIpc) is 2.69. The molecule has 1 aliphatic rings. The van der Waals surface area contributed by atoms with Gasteiger partial charge in [0.25, 0.3) is 5.91 Å². The summed E-state index contributed by atoms with van der Waals surface area (Å²) in [5.41, 5.74) is -0.0754. The molecule has 0 aliphatic carbocycles. The fraction of sp³-hybridized carbons (Fsp3) is 0.381. The third-order valence-electron chi connectivity index (χ3n) is 4.89. The molecule has 0 aromatic heterocycles. The highest BCUT2D eigenvalue weighted by molar-refractivity contribution is 7.89. The summed E-state index contributed by atoms with van der Waals surface area (Å²) in [4.78, 5) is 14.9. The quantitative estimate of drug-likeness (QED) is 0.721. The van der Waals surface area contributed by atoms with Crippen LogP contribution in [-0.2, 0) is 14.8 Å². The summed E-state index contributed by atoms with van der Waals surface area (Å²) in [5.74, 6) is 0.369. The van der Waals surface area contributed by atoms with Gasteiger partial charge in [0.15, 0.2) is 5.60 Å². The molecule has 2 aromatic rings. The molecule has 0 N–H and O–H groups in total. The minimum atomic E-state index is -3.56. The molecule has 3 rings (SSSR count). The Balaban J connectivity index is 1.64. The summed E-state index contributed by atoms with van der Waals surface area (Å²) >= 11 is 5.89. The van der Waals surface area contributed by atoms with E-state index in [1.54, 1.807) is 67.3 Å². The first kappa shape index (κ1) is 21.6. The molecule has 156 valence electrons. The van der Waals surface area contributed by atoms with Crippen LogP contribution in [0.1, 0.15) is 19.4 Å². The highest BCUT2D eigenvalue weighted by atomic mass is 35.5. The van der Waals surface area contributed by atoms with Gasteiger partial charge in [-0.05, 0) is 57.2 Å². The number of sulfonamides is 1. The van der Waals surface area contributed by atoms with Crippen LogP contribution in [0.5, 0.6) is 5.75 Å². The Hall–Kier alpha value is -2.09. The zero-order valence-electron chi connectivity index (χ0n) is 16.8. The number of ether oxygens (including phenoxy) is 1. The van der Waals surface area contributed by atoms with Gasteiger partial charge in [0, 0.05) is 31.2 Å². The molecule has 0 unspecified atom stereocenters. The molecular weight excluding hydrogens is 412 g/mol. The lowest BCUT2D eigenvalue weighted by Crippen LogP contribution is -2.56. The van der Waals surface area contributed by atoms with Crippen LogP contribution in [0.15, 0.2) is 53.4 Å². The van der Waals surface area contributed by atoms with Gasteiger partial charge in [0.1, 0.15) is 5.75 Å². The predicted octanol–water partition coefficient (Wildman–Crippen LogP) is 3.34. The van der Waals surface area contributed by atoms with Crippen molar-refractivity contribution in [3.05, 3.63) is 59.1 Å². The van der Waals surface area contributed by atoms with Gasteiger partial charge in [-0.15, -0.1) is 0 Å². The average molecular weight is 437 g/mol. The van der Waals surface area contributed by atoms with E-state index < -0.39 is 15.6 Å². The van der Waals surface area contributed by atoms with Gasteiger partial charge in [-0.3, -0.25) is 4.79 Å². The number of amides is 1. The Labute approximate surface area is 177 Å². The maximum Gasteiger partial charge on any atom is 0.266 e. The van der Waals surface area contributed by atoms with Crippen molar-refractivity contribution >= 4 is 27.5 Å². The second-order valence-electron chi connectivity index (χ2n) is 7.58. The molecule has 0 spiro atoms. The molecule has 1 heterocycles. The summed E-state index contributed by atoms with van der Waals surface area (Å²) in [6, 6.07) is 13.6. The molecule has 0 bridgehead atoms. The van der Waals surface area contributed by atoms with E-state index in [2.05, 4.69) is 0 Å². The summed E-state index contributed by atoms with van der Waals surface area (Å²) < 4.78 is 32.9. The number of rotatable bonds is 5. The number of carbonyl (C=O) groups is 1. The van der Waals surface area contributed by atoms with Gasteiger partial charge < -0.3 is 9.64 Å². The Kier molecular flexibility index (Phi) is 6.22. The Morgan fingerprint density at radius 3 is 2.07 bits per heavy atom. The monoisotopic (exact) mass is 436 g/mol. The van der Waals surface area contributed by atoms with E-state index in [-0.39, 0.29) is 23.9 Å². The third-order valence-corrected chi connectivity index (χ3v) is 7.05. The lowest BCUT2D eigenvalue weighted by atomic mass is 10.1.